The van der Waals surface area contributed by atoms with Crippen LogP contribution in [-0.2, 0) is 12.8 Å². The number of esters is 1. The van der Waals surface area contributed by atoms with Gasteiger partial charge in [0.1, 0.15) is 0 Å². The topological polar surface area (TPSA) is 26.3 Å². The molecule has 3 aromatic rings. The van der Waals surface area contributed by atoms with Crippen molar-refractivity contribution >= 4 is 5.97 Å². The molecule has 0 N–H and O–H groups in total. The number of hydrogen-bond acceptors (Lipinski definition) is 2. The van der Waals surface area contributed by atoms with Crippen LogP contribution in [0.2, 0.25) is 0 Å². The van der Waals surface area contributed by atoms with Crippen molar-refractivity contribution in [2.45, 2.75) is 78.1 Å². The molecule has 0 aliphatic carbocycles. The molecule has 0 unspecified atom stereocenters. The Bertz CT molecular complexity index is 1070. The number of benzene rings is 3. The van der Waals surface area contributed by atoms with Crippen LogP contribution in [0.4, 0.5) is 8.78 Å². The zero-order chi connectivity index (χ0) is 25.0. The van der Waals surface area contributed by atoms with E-state index in [2.05, 4.69) is 38.1 Å². The highest BCUT2D eigenvalue weighted by Crippen LogP contribution is 2.26. The first kappa shape index (κ1) is 26.6. The van der Waals surface area contributed by atoms with Gasteiger partial charge < -0.3 is 4.74 Å². The predicted octanol–water partition coefficient (Wildman–Crippen LogP) is 9.10. The summed E-state index contributed by atoms with van der Waals surface area (Å²) in [6, 6.07) is 18.3. The minimum Gasteiger partial charge on any atom is -0.420 e. The van der Waals surface area contributed by atoms with E-state index in [1.807, 2.05) is 12.1 Å². The van der Waals surface area contributed by atoms with E-state index in [1.54, 1.807) is 12.1 Å². The number of carbonyl (C=O) groups is 1. The SMILES string of the molecule is CCCCCCCc1ccc(-c2ccc(C(=O)Oc3ccc(CCCCC)c(F)c3F)cc2)cc1. The molecule has 0 saturated heterocycles. The molecule has 0 bridgehead atoms. The van der Waals surface area contributed by atoms with Crippen molar-refractivity contribution in [2.24, 2.45) is 0 Å². The van der Waals surface area contributed by atoms with Gasteiger partial charge in [0.05, 0.1) is 5.56 Å². The van der Waals surface area contributed by atoms with Crippen molar-refractivity contribution < 1.29 is 18.3 Å². The zero-order valence-corrected chi connectivity index (χ0v) is 20.9. The normalized spacial score (nSPS) is 11.0. The van der Waals surface area contributed by atoms with E-state index in [0.717, 1.165) is 36.8 Å². The number of halogens is 2. The Labute approximate surface area is 208 Å². The van der Waals surface area contributed by atoms with Gasteiger partial charge in [-0.3, -0.25) is 0 Å². The second-order valence-corrected chi connectivity index (χ2v) is 9.14. The molecule has 35 heavy (non-hydrogen) atoms. The second-order valence-electron chi connectivity index (χ2n) is 9.14. The third-order valence-corrected chi connectivity index (χ3v) is 6.36. The highest BCUT2D eigenvalue weighted by molar-refractivity contribution is 5.91. The van der Waals surface area contributed by atoms with Crippen LogP contribution >= 0.6 is 0 Å². The summed E-state index contributed by atoms with van der Waals surface area (Å²) in [6.45, 7) is 4.28. The number of unbranched alkanes of at least 4 members (excludes halogenated alkanes) is 6. The Morgan fingerprint density at radius 2 is 1.23 bits per heavy atom. The Morgan fingerprint density at radius 3 is 1.89 bits per heavy atom. The van der Waals surface area contributed by atoms with Crippen LogP contribution in [-0.4, -0.2) is 5.97 Å². The summed E-state index contributed by atoms with van der Waals surface area (Å²) in [5, 5.41) is 0. The Hall–Kier alpha value is -3.01. The minimum absolute atomic E-state index is 0.282. The summed E-state index contributed by atoms with van der Waals surface area (Å²) in [6.07, 6.45) is 10.6. The van der Waals surface area contributed by atoms with Crippen molar-refractivity contribution in [2.75, 3.05) is 0 Å². The fourth-order valence-electron chi connectivity index (χ4n) is 4.16. The maximum Gasteiger partial charge on any atom is 0.343 e. The highest BCUT2D eigenvalue weighted by Gasteiger charge is 2.18. The van der Waals surface area contributed by atoms with Crippen molar-refractivity contribution in [1.82, 2.24) is 0 Å². The van der Waals surface area contributed by atoms with Gasteiger partial charge in [0.25, 0.3) is 0 Å². The van der Waals surface area contributed by atoms with E-state index in [0.29, 0.717) is 12.0 Å². The Kier molecular flexibility index (Phi) is 10.5. The Balaban J connectivity index is 1.58. The summed E-state index contributed by atoms with van der Waals surface area (Å²) in [5.41, 5.74) is 3.96. The predicted molar refractivity (Wildman–Crippen MR) is 139 cm³/mol. The maximum atomic E-state index is 14.4. The largest absolute Gasteiger partial charge is 0.420 e. The van der Waals surface area contributed by atoms with Crippen LogP contribution in [0.5, 0.6) is 5.75 Å². The molecule has 4 heteroatoms. The standard InChI is InChI=1S/C31H36F2O2/c1-3-5-7-8-10-11-23-13-15-24(16-14-23)25-17-19-27(20-18-25)31(34)35-28-22-21-26(12-9-6-4-2)29(32)30(28)33/h13-22H,3-12H2,1-2H3. The molecule has 0 radical (unpaired) electrons. The van der Waals surface area contributed by atoms with Gasteiger partial charge >= 0.3 is 5.97 Å². The molecule has 0 atom stereocenters. The van der Waals surface area contributed by atoms with Gasteiger partial charge in [-0.1, -0.05) is 94.8 Å². The zero-order valence-electron chi connectivity index (χ0n) is 20.9. The molecule has 3 aromatic carbocycles. The third-order valence-electron chi connectivity index (χ3n) is 6.36. The summed E-state index contributed by atoms with van der Waals surface area (Å²) >= 11 is 0. The van der Waals surface area contributed by atoms with Crippen LogP contribution in [0.25, 0.3) is 11.1 Å². The van der Waals surface area contributed by atoms with Crippen LogP contribution in [0.15, 0.2) is 60.7 Å². The quantitative estimate of drug-likeness (QED) is 0.139. The fraction of sp³-hybridized carbons (Fsp3) is 0.387. The van der Waals surface area contributed by atoms with Gasteiger partial charge in [-0.15, -0.1) is 0 Å². The highest BCUT2D eigenvalue weighted by atomic mass is 19.2. The molecule has 0 amide bonds. The molecular weight excluding hydrogens is 442 g/mol. The first-order valence-electron chi connectivity index (χ1n) is 12.9. The number of aryl methyl sites for hydroxylation is 2. The monoisotopic (exact) mass is 478 g/mol. The van der Waals surface area contributed by atoms with E-state index >= 15 is 0 Å². The summed E-state index contributed by atoms with van der Waals surface area (Å²) in [5.74, 6) is -3.16. The number of hydrogen-bond donors (Lipinski definition) is 0. The van der Waals surface area contributed by atoms with Gasteiger partial charge in [0, 0.05) is 0 Å². The Morgan fingerprint density at radius 1 is 0.657 bits per heavy atom. The van der Waals surface area contributed by atoms with Gasteiger partial charge in [-0.05, 0) is 66.1 Å². The molecule has 0 heterocycles. The third kappa shape index (κ3) is 7.74. The average Bonchev–Trinajstić information content (AvgIpc) is 2.88. The fourth-order valence-corrected chi connectivity index (χ4v) is 4.16. The second kappa shape index (κ2) is 13.8. The van der Waals surface area contributed by atoms with Gasteiger partial charge in [-0.25, -0.2) is 9.18 Å². The average molecular weight is 479 g/mol. The summed E-state index contributed by atoms with van der Waals surface area (Å²) < 4.78 is 34.0. The van der Waals surface area contributed by atoms with Crippen LogP contribution in [0.3, 0.4) is 0 Å². The number of rotatable bonds is 13. The van der Waals surface area contributed by atoms with E-state index in [4.69, 9.17) is 4.74 Å². The van der Waals surface area contributed by atoms with Crippen LogP contribution in [0.1, 0.15) is 86.7 Å². The van der Waals surface area contributed by atoms with Crippen LogP contribution in [0, 0.1) is 11.6 Å². The molecule has 0 saturated carbocycles. The minimum atomic E-state index is -1.12. The summed E-state index contributed by atoms with van der Waals surface area (Å²) in [7, 11) is 0. The molecule has 0 aliphatic heterocycles. The molecule has 0 aliphatic rings. The summed E-state index contributed by atoms with van der Waals surface area (Å²) in [4.78, 5) is 12.5. The lowest BCUT2D eigenvalue weighted by Gasteiger charge is -2.10. The lowest BCUT2D eigenvalue weighted by Crippen LogP contribution is -2.10. The van der Waals surface area contributed by atoms with Crippen molar-refractivity contribution in [3.05, 3.63) is 89.0 Å². The lowest BCUT2D eigenvalue weighted by atomic mass is 10.00. The van der Waals surface area contributed by atoms with Crippen molar-refractivity contribution in [3.63, 3.8) is 0 Å². The smallest absolute Gasteiger partial charge is 0.343 e. The number of carbonyl (C=O) groups excluding carboxylic acids is 1. The molecule has 0 spiro atoms. The maximum absolute atomic E-state index is 14.4. The lowest BCUT2D eigenvalue weighted by molar-refractivity contribution is 0.0726. The molecule has 2 nitrogen and oxygen atoms in total. The van der Waals surface area contributed by atoms with Gasteiger partial charge in [0.15, 0.2) is 11.6 Å². The first-order chi connectivity index (χ1) is 17.0. The molecule has 0 aromatic heterocycles. The van der Waals surface area contributed by atoms with E-state index in [1.165, 1.54) is 49.8 Å². The van der Waals surface area contributed by atoms with Crippen LogP contribution < -0.4 is 4.74 Å². The van der Waals surface area contributed by atoms with E-state index < -0.39 is 17.6 Å². The van der Waals surface area contributed by atoms with Crippen molar-refractivity contribution in [1.29, 1.82) is 0 Å². The molecular formula is C31H36F2O2. The first-order valence-corrected chi connectivity index (χ1v) is 12.9. The van der Waals surface area contributed by atoms with Crippen molar-refractivity contribution in [3.8, 4) is 16.9 Å². The molecule has 3 rings (SSSR count). The van der Waals surface area contributed by atoms with E-state index in [-0.39, 0.29) is 11.3 Å². The van der Waals surface area contributed by atoms with Gasteiger partial charge in [-0.2, -0.15) is 4.39 Å². The number of ether oxygens (including phenoxy) is 1. The molecule has 186 valence electrons. The molecule has 0 fully saturated rings. The van der Waals surface area contributed by atoms with E-state index in [9.17, 15) is 13.6 Å². The van der Waals surface area contributed by atoms with Gasteiger partial charge in [0.2, 0.25) is 5.82 Å².